The fourth-order valence-electron chi connectivity index (χ4n) is 6.49. The maximum atomic E-state index is 10.1. The molecule has 0 unspecified atom stereocenters. The lowest BCUT2D eigenvalue weighted by Crippen LogP contribution is -2.31. The van der Waals surface area contributed by atoms with Gasteiger partial charge in [0.05, 0.1) is 17.8 Å². The van der Waals surface area contributed by atoms with E-state index in [2.05, 4.69) is 18.7 Å². The van der Waals surface area contributed by atoms with Crippen LogP contribution in [0.3, 0.4) is 0 Å². The van der Waals surface area contributed by atoms with Crippen LogP contribution >= 0.6 is 0 Å². The molecule has 0 spiro atoms. The predicted molar refractivity (Wildman–Crippen MR) is 129 cm³/mol. The third kappa shape index (κ3) is 6.79. The van der Waals surface area contributed by atoms with E-state index in [0.717, 1.165) is 29.9 Å². The summed E-state index contributed by atoms with van der Waals surface area (Å²) in [6, 6.07) is 0. The van der Waals surface area contributed by atoms with Gasteiger partial charge in [0.15, 0.2) is 0 Å². The molecule has 176 valence electrons. The zero-order valence-electron chi connectivity index (χ0n) is 20.0. The number of hydrogen-bond donors (Lipinski definition) is 3. The van der Waals surface area contributed by atoms with E-state index >= 15 is 0 Å². The Morgan fingerprint density at radius 3 is 2.52 bits per heavy atom. The topological polar surface area (TPSA) is 60.7 Å². The lowest BCUT2D eigenvalue weighted by atomic mass is 9.63. The number of allylic oxidation sites excluding steroid dienone is 3. The molecule has 3 N–H and O–H groups in total. The summed E-state index contributed by atoms with van der Waals surface area (Å²) in [6.45, 7) is 7.88. The minimum absolute atomic E-state index is 0.413. The second-order valence-electron chi connectivity index (χ2n) is 11.3. The average Bonchev–Trinajstić information content (AvgIpc) is 3.12. The Morgan fingerprint density at radius 2 is 1.74 bits per heavy atom. The first kappa shape index (κ1) is 24.7. The van der Waals surface area contributed by atoms with Gasteiger partial charge in [0.1, 0.15) is 0 Å². The van der Waals surface area contributed by atoms with Gasteiger partial charge in [-0.05, 0) is 87.7 Å². The highest BCUT2D eigenvalue weighted by Crippen LogP contribution is 2.57. The second kappa shape index (κ2) is 10.8. The van der Waals surface area contributed by atoms with Crippen molar-refractivity contribution in [1.82, 2.24) is 0 Å². The molecule has 0 aromatic heterocycles. The molecule has 0 saturated heterocycles. The molecule has 0 amide bonds. The lowest BCUT2D eigenvalue weighted by molar-refractivity contribution is 0.0679. The van der Waals surface area contributed by atoms with Crippen molar-refractivity contribution in [2.75, 3.05) is 0 Å². The van der Waals surface area contributed by atoms with E-state index in [1.807, 2.05) is 13.8 Å². The van der Waals surface area contributed by atoms with Crippen LogP contribution in [-0.4, -0.2) is 33.1 Å². The van der Waals surface area contributed by atoms with Crippen LogP contribution < -0.4 is 0 Å². The molecule has 4 atom stereocenters. The van der Waals surface area contributed by atoms with E-state index in [-0.39, 0.29) is 0 Å². The fraction of sp³-hybridized carbons (Fsp3) is 0.786. The highest BCUT2D eigenvalue weighted by atomic mass is 16.3. The number of rotatable bonds is 9. The normalized spacial score (nSPS) is 34.5. The Labute approximate surface area is 190 Å². The Kier molecular flexibility index (Phi) is 8.63. The van der Waals surface area contributed by atoms with Gasteiger partial charge in [-0.15, -0.1) is 0 Å². The number of aliphatic hydroxyl groups excluding tert-OH is 2. The molecule has 3 rings (SSSR count). The molecule has 31 heavy (non-hydrogen) atoms. The molecule has 0 aliphatic heterocycles. The maximum Gasteiger partial charge on any atom is 0.0811 e. The quantitative estimate of drug-likeness (QED) is 0.372. The summed E-state index contributed by atoms with van der Waals surface area (Å²) in [7, 11) is 0. The Bertz CT molecular complexity index is 668. The summed E-state index contributed by atoms with van der Waals surface area (Å²) in [5, 5.41) is 30.0. The highest BCUT2D eigenvalue weighted by Gasteiger charge is 2.45. The van der Waals surface area contributed by atoms with E-state index in [4.69, 9.17) is 0 Å². The fourth-order valence-corrected chi connectivity index (χ4v) is 6.49. The minimum atomic E-state index is -0.603. The van der Waals surface area contributed by atoms with Crippen molar-refractivity contribution in [2.24, 2.45) is 11.3 Å². The van der Waals surface area contributed by atoms with Crippen LogP contribution in [0.2, 0.25) is 0 Å². The van der Waals surface area contributed by atoms with Crippen molar-refractivity contribution >= 4 is 0 Å². The molecule has 0 bridgehead atoms. The molecule has 3 aliphatic carbocycles. The van der Waals surface area contributed by atoms with Crippen molar-refractivity contribution in [1.29, 1.82) is 0 Å². The van der Waals surface area contributed by atoms with Crippen molar-refractivity contribution in [3.8, 4) is 0 Å². The van der Waals surface area contributed by atoms with Crippen molar-refractivity contribution in [2.45, 2.75) is 128 Å². The third-order valence-electron chi connectivity index (χ3n) is 8.22. The summed E-state index contributed by atoms with van der Waals surface area (Å²) in [5.41, 5.74) is 3.41. The summed E-state index contributed by atoms with van der Waals surface area (Å²) in [6.07, 6.45) is 21.0. The standard InChI is InChI=1S/C28H46O3/c1-21-23(19-24(29)20-26(21)30)14-13-22-11-9-17-28(18-10-12-25(22)28)16-8-6-4-5-7-15-27(2,3)31/h13-14,24-26,29-31H,1,4-12,15-20H2,2-3H3/b22-13+,23-14-/t24-,25+,26+,28-/m1/s1. The molecule has 0 heterocycles. The summed E-state index contributed by atoms with van der Waals surface area (Å²) in [4.78, 5) is 0. The molecule has 3 heteroatoms. The Hall–Kier alpha value is -0.900. The van der Waals surface area contributed by atoms with Gasteiger partial charge in [-0.3, -0.25) is 0 Å². The van der Waals surface area contributed by atoms with Gasteiger partial charge in [-0.2, -0.15) is 0 Å². The van der Waals surface area contributed by atoms with E-state index in [9.17, 15) is 15.3 Å². The molecule has 3 aliphatic rings. The van der Waals surface area contributed by atoms with Crippen molar-refractivity contribution < 1.29 is 15.3 Å². The summed E-state index contributed by atoms with van der Waals surface area (Å²) < 4.78 is 0. The smallest absolute Gasteiger partial charge is 0.0811 e. The molecular weight excluding hydrogens is 384 g/mol. The lowest BCUT2D eigenvalue weighted by Gasteiger charge is -2.42. The molecule has 3 saturated carbocycles. The zero-order chi connectivity index (χ0) is 22.5. The molecular formula is C28H46O3. The van der Waals surface area contributed by atoms with Crippen molar-refractivity contribution in [3.05, 3.63) is 35.5 Å². The highest BCUT2D eigenvalue weighted by molar-refractivity contribution is 5.38. The Balaban J connectivity index is 1.54. The van der Waals surface area contributed by atoms with Crippen LogP contribution in [-0.2, 0) is 0 Å². The third-order valence-corrected chi connectivity index (χ3v) is 8.22. The maximum absolute atomic E-state index is 10.1. The van der Waals surface area contributed by atoms with Gasteiger partial charge in [0.2, 0.25) is 0 Å². The molecule has 0 radical (unpaired) electrons. The number of aliphatic hydroxyl groups is 3. The first-order valence-electron chi connectivity index (χ1n) is 12.9. The molecule has 3 fully saturated rings. The monoisotopic (exact) mass is 430 g/mol. The molecule has 3 nitrogen and oxygen atoms in total. The molecule has 0 aromatic carbocycles. The van der Waals surface area contributed by atoms with Crippen LogP contribution in [0.5, 0.6) is 0 Å². The van der Waals surface area contributed by atoms with Gasteiger partial charge < -0.3 is 15.3 Å². The Morgan fingerprint density at radius 1 is 1.03 bits per heavy atom. The van der Waals surface area contributed by atoms with E-state index < -0.39 is 17.8 Å². The first-order valence-corrected chi connectivity index (χ1v) is 12.9. The summed E-state index contributed by atoms with van der Waals surface area (Å²) in [5.74, 6) is 0.722. The first-order chi connectivity index (χ1) is 14.7. The van der Waals surface area contributed by atoms with Gasteiger partial charge in [0, 0.05) is 6.42 Å². The van der Waals surface area contributed by atoms with E-state index in [1.165, 1.54) is 70.6 Å². The largest absolute Gasteiger partial charge is 0.393 e. The van der Waals surface area contributed by atoms with Crippen LogP contribution in [0.4, 0.5) is 0 Å². The minimum Gasteiger partial charge on any atom is -0.393 e. The van der Waals surface area contributed by atoms with Crippen LogP contribution in [0.25, 0.3) is 0 Å². The van der Waals surface area contributed by atoms with Gasteiger partial charge in [-0.25, -0.2) is 0 Å². The molecule has 0 aromatic rings. The second-order valence-corrected chi connectivity index (χ2v) is 11.3. The van der Waals surface area contributed by atoms with Crippen LogP contribution in [0.1, 0.15) is 110 Å². The van der Waals surface area contributed by atoms with Gasteiger partial charge in [-0.1, -0.05) is 62.8 Å². The van der Waals surface area contributed by atoms with Crippen molar-refractivity contribution in [3.63, 3.8) is 0 Å². The number of unbranched alkanes of at least 4 members (excludes halogenated alkanes) is 4. The number of fused-ring (bicyclic) bond motifs is 1. The van der Waals surface area contributed by atoms with Crippen LogP contribution in [0, 0.1) is 11.3 Å². The average molecular weight is 431 g/mol. The van der Waals surface area contributed by atoms with E-state index in [1.54, 1.807) is 5.57 Å². The van der Waals surface area contributed by atoms with Crippen LogP contribution in [0.15, 0.2) is 35.5 Å². The number of hydrogen-bond acceptors (Lipinski definition) is 3. The van der Waals surface area contributed by atoms with E-state index in [0.29, 0.717) is 18.3 Å². The SMILES string of the molecule is C=C1/C(=C\C=C2/CCC[C@]3(CCCCCCCC(C)(C)O)CCC[C@@H]23)C[C@@H](O)C[C@@H]1O. The van der Waals surface area contributed by atoms with Gasteiger partial charge >= 0.3 is 0 Å². The van der Waals surface area contributed by atoms with Gasteiger partial charge in [0.25, 0.3) is 0 Å². The summed E-state index contributed by atoms with van der Waals surface area (Å²) >= 11 is 0. The zero-order valence-corrected chi connectivity index (χ0v) is 20.0. The predicted octanol–water partition coefficient (Wildman–Crippen LogP) is 6.38.